The van der Waals surface area contributed by atoms with Crippen LogP contribution in [0.2, 0.25) is 0 Å². The molecule has 7 aromatic rings. The molecule has 8 bridgehead atoms. The van der Waals surface area contributed by atoms with E-state index in [2.05, 4.69) is 200 Å². The Hall–Kier alpha value is -3.98. The van der Waals surface area contributed by atoms with E-state index < -0.39 is 0 Å². The van der Waals surface area contributed by atoms with Crippen molar-refractivity contribution in [2.75, 3.05) is 0 Å². The number of fused-ring (bicyclic) bond motifs is 8. The van der Waals surface area contributed by atoms with Crippen LogP contribution in [0.3, 0.4) is 0 Å². The molecule has 2 aliphatic heterocycles. The van der Waals surface area contributed by atoms with Crippen molar-refractivity contribution >= 4 is 109 Å². The predicted molar refractivity (Wildman–Crippen MR) is 232 cm³/mol. The first-order valence-corrected chi connectivity index (χ1v) is 19.7. The Labute approximate surface area is 353 Å². The molecule has 4 aromatic carbocycles. The van der Waals surface area contributed by atoms with E-state index in [-0.39, 0.29) is 19.5 Å². The number of H-pyrrole nitrogens is 1. The van der Waals surface area contributed by atoms with Gasteiger partial charge in [-0.15, -0.1) is 0 Å². The Morgan fingerprint density at radius 2 is 0.849 bits per heavy atom. The summed E-state index contributed by atoms with van der Waals surface area (Å²) in [6, 6.07) is 46.0. The Morgan fingerprint density at radius 1 is 0.453 bits per heavy atom. The van der Waals surface area contributed by atoms with Crippen LogP contribution in [0.15, 0.2) is 142 Å². The number of aromatic nitrogens is 4. The zero-order valence-corrected chi connectivity index (χ0v) is 37.3. The van der Waals surface area contributed by atoms with Crippen molar-refractivity contribution in [3.05, 3.63) is 165 Å². The van der Waals surface area contributed by atoms with E-state index in [9.17, 15) is 0 Å². The molecule has 0 saturated heterocycles. The van der Waals surface area contributed by atoms with Crippen molar-refractivity contribution in [3.8, 4) is 44.5 Å². The predicted octanol–water partition coefficient (Wildman–Crippen LogP) is 14.2. The molecule has 0 unspecified atom stereocenters. The third-order valence-electron chi connectivity index (χ3n) is 9.32. The monoisotopic (exact) mass is 990 g/mol. The molecule has 53 heavy (non-hydrogen) atoms. The number of hydrogen-bond donors (Lipinski definition) is 1. The van der Waals surface area contributed by atoms with Crippen molar-refractivity contribution < 1.29 is 19.5 Å². The van der Waals surface area contributed by atoms with Crippen molar-refractivity contribution in [2.24, 2.45) is 0 Å². The van der Waals surface area contributed by atoms with Gasteiger partial charge in [0.15, 0.2) is 0 Å². The van der Waals surface area contributed by atoms with E-state index in [0.29, 0.717) is 0 Å². The number of nitrogens with zero attached hydrogens (tertiary/aromatic N) is 3. The number of hydrogen-bond acceptors (Lipinski definition) is 2. The standard InChI is InChI=1S/C44H26Br4N4.Zn/c45-30-25-35-37(27-15-7-2-8-16-27)33-22-21-31(49-33)36(26-13-5-1-6-14-26)32-23-24-34(50-32)38(28-17-9-3-10-18-28)43-40(46)41(47)44(52(43)48)39(42(30)51-35)29-19-11-4-12-20-29;/h1-25,49H;. The maximum Gasteiger partial charge on any atom is 0.0880 e. The van der Waals surface area contributed by atoms with Crippen LogP contribution in [0.1, 0.15) is 22.8 Å². The Morgan fingerprint density at radius 3 is 1.34 bits per heavy atom. The minimum Gasteiger partial charge on any atom is -0.354 e. The van der Waals surface area contributed by atoms with Gasteiger partial charge in [0.25, 0.3) is 0 Å². The van der Waals surface area contributed by atoms with Crippen LogP contribution in [0.25, 0.3) is 89.3 Å². The second-order valence-corrected chi connectivity index (χ2v) is 15.6. The minimum atomic E-state index is 0. The molecule has 5 heterocycles. The fourth-order valence-corrected chi connectivity index (χ4v) is 9.84. The fraction of sp³-hybridized carbons (Fsp3) is 0. The van der Waals surface area contributed by atoms with Gasteiger partial charge in [-0.25, -0.2) is 9.97 Å². The van der Waals surface area contributed by atoms with Gasteiger partial charge in [-0.2, -0.15) is 0 Å². The van der Waals surface area contributed by atoms with Gasteiger partial charge in [-0.05, 0) is 100 Å². The molecule has 9 rings (SSSR count). The summed E-state index contributed by atoms with van der Waals surface area (Å²) in [6.45, 7) is 0. The van der Waals surface area contributed by atoms with Crippen LogP contribution in [0.4, 0.5) is 0 Å². The maximum atomic E-state index is 5.46. The van der Waals surface area contributed by atoms with E-state index >= 15 is 0 Å². The zero-order valence-electron chi connectivity index (χ0n) is 28.0. The van der Waals surface area contributed by atoms with Crippen molar-refractivity contribution in [2.45, 2.75) is 0 Å². The number of aromatic amines is 1. The molecule has 3 aromatic heterocycles. The average Bonchev–Trinajstić information content (AvgIpc) is 3.98. The summed E-state index contributed by atoms with van der Waals surface area (Å²) in [6.07, 6.45) is 6.36. The summed E-state index contributed by atoms with van der Waals surface area (Å²) in [5.41, 5.74) is 15.2. The summed E-state index contributed by atoms with van der Waals surface area (Å²) in [7, 11) is 0. The van der Waals surface area contributed by atoms with Crippen molar-refractivity contribution in [3.63, 3.8) is 0 Å². The average molecular weight is 996 g/mol. The molecule has 0 fully saturated rings. The summed E-state index contributed by atoms with van der Waals surface area (Å²) < 4.78 is 4.74. The topological polar surface area (TPSA) is 46.5 Å². The number of halogens is 4. The second-order valence-electron chi connectivity index (χ2n) is 12.4. The SMILES string of the molecule is BrC1=Cc2nc1c(-c1ccccc1)c1c(Br)c(Br)c(c(-c3ccccc3)c3nc(c(-c4ccccc4)c4ccc([nH]4)c2-c2ccccc2)C=C3)n1Br.[Zn]. The van der Waals surface area contributed by atoms with Crippen LogP contribution in [0.5, 0.6) is 0 Å². The van der Waals surface area contributed by atoms with E-state index in [1.165, 1.54) is 0 Å². The molecular weight excluding hydrogens is 970 g/mol. The zero-order chi connectivity index (χ0) is 35.3. The van der Waals surface area contributed by atoms with Gasteiger partial charge >= 0.3 is 0 Å². The summed E-state index contributed by atoms with van der Waals surface area (Å²) >= 11 is 16.1. The van der Waals surface area contributed by atoms with Gasteiger partial charge in [-0.3, -0.25) is 3.59 Å². The largest absolute Gasteiger partial charge is 0.354 e. The maximum absolute atomic E-state index is 5.46. The number of nitrogens with one attached hydrogen (secondary N) is 1. The molecule has 4 nitrogen and oxygen atoms in total. The molecule has 0 amide bonds. The molecule has 0 aliphatic carbocycles. The van der Waals surface area contributed by atoms with Gasteiger partial charge in [0, 0.05) is 57.2 Å². The molecule has 9 heteroatoms. The van der Waals surface area contributed by atoms with Crippen molar-refractivity contribution in [1.82, 2.24) is 18.5 Å². The summed E-state index contributed by atoms with van der Waals surface area (Å²) in [5, 5.41) is 0. The molecule has 1 N–H and O–H groups in total. The Kier molecular flexibility index (Phi) is 10.2. The number of benzene rings is 4. The van der Waals surface area contributed by atoms with Crippen LogP contribution < -0.4 is 0 Å². The third kappa shape index (κ3) is 6.40. The third-order valence-corrected chi connectivity index (χ3v) is 12.7. The van der Waals surface area contributed by atoms with E-state index in [4.69, 9.17) is 9.97 Å². The number of rotatable bonds is 4. The summed E-state index contributed by atoms with van der Waals surface area (Å²) in [4.78, 5) is 14.7. The van der Waals surface area contributed by atoms with E-state index in [0.717, 1.165) is 103 Å². The first-order chi connectivity index (χ1) is 25.5. The first kappa shape index (κ1) is 36.0. The van der Waals surface area contributed by atoms with Gasteiger partial charge in [-0.1, -0.05) is 121 Å². The quantitative estimate of drug-likeness (QED) is 0.179. The minimum absolute atomic E-state index is 0. The van der Waals surface area contributed by atoms with Gasteiger partial charge < -0.3 is 4.98 Å². The van der Waals surface area contributed by atoms with Crippen LogP contribution in [-0.4, -0.2) is 18.5 Å². The van der Waals surface area contributed by atoms with Gasteiger partial charge in [0.1, 0.15) is 0 Å². The molecule has 0 atom stereocenters. The normalized spacial score (nSPS) is 12.0. The second kappa shape index (κ2) is 15.0. The van der Waals surface area contributed by atoms with Gasteiger partial charge in [0.05, 0.1) is 58.9 Å². The Bertz CT molecular complexity index is 2760. The van der Waals surface area contributed by atoms with Crippen LogP contribution in [-0.2, 0) is 19.5 Å². The van der Waals surface area contributed by atoms with Crippen LogP contribution in [0, 0.1) is 0 Å². The smallest absolute Gasteiger partial charge is 0.0880 e. The van der Waals surface area contributed by atoms with Crippen molar-refractivity contribution in [1.29, 1.82) is 0 Å². The van der Waals surface area contributed by atoms with E-state index in [1.807, 2.05) is 24.3 Å². The molecular formula is C44H26Br4N4Zn. The molecule has 0 spiro atoms. The first-order valence-electron chi connectivity index (χ1n) is 16.6. The Balaban J connectivity index is 0.00000400. The van der Waals surface area contributed by atoms with E-state index in [1.54, 1.807) is 0 Å². The molecule has 0 saturated carbocycles. The fourth-order valence-electron chi connectivity index (χ4n) is 7.03. The molecule has 0 radical (unpaired) electrons. The summed E-state index contributed by atoms with van der Waals surface area (Å²) in [5.74, 6) is 0. The molecule has 252 valence electrons. The van der Waals surface area contributed by atoms with Gasteiger partial charge in [0.2, 0.25) is 0 Å². The van der Waals surface area contributed by atoms with Crippen LogP contribution >= 0.6 is 63.9 Å². The molecule has 2 aliphatic rings.